The van der Waals surface area contributed by atoms with E-state index in [0.717, 1.165) is 22.9 Å². The topological polar surface area (TPSA) is 76.7 Å². The van der Waals surface area contributed by atoms with Crippen molar-refractivity contribution in [2.75, 3.05) is 13.3 Å². The monoisotopic (exact) mass is 444 g/mol. The van der Waals surface area contributed by atoms with Crippen molar-refractivity contribution in [3.63, 3.8) is 0 Å². The van der Waals surface area contributed by atoms with Gasteiger partial charge in [-0.05, 0) is 54.5 Å². The van der Waals surface area contributed by atoms with Gasteiger partial charge in [-0.25, -0.2) is 0 Å². The standard InChI is InChI=1S/C21H21BrN2O4/c1-2-3-10-23-21(26)17(24-20(25)15-5-7-16(22)8-6-15)11-14-4-9-18-19(12-14)28-13-27-18/h4-9,11-12H,2-3,10,13H2,1H3,(H,23,26)(H,24,25). The van der Waals surface area contributed by atoms with Gasteiger partial charge in [0.05, 0.1) is 0 Å². The number of nitrogens with one attached hydrogen (secondary N) is 2. The van der Waals surface area contributed by atoms with Crippen LogP contribution in [0.1, 0.15) is 35.7 Å². The number of carbonyl (C=O) groups excluding carboxylic acids is 2. The Morgan fingerprint density at radius 2 is 1.86 bits per heavy atom. The molecular formula is C21H21BrN2O4. The van der Waals surface area contributed by atoms with E-state index in [-0.39, 0.29) is 24.3 Å². The largest absolute Gasteiger partial charge is 0.454 e. The summed E-state index contributed by atoms with van der Waals surface area (Å²) in [4.78, 5) is 25.2. The van der Waals surface area contributed by atoms with E-state index in [0.29, 0.717) is 23.6 Å². The van der Waals surface area contributed by atoms with E-state index >= 15 is 0 Å². The number of ether oxygens (including phenoxy) is 2. The van der Waals surface area contributed by atoms with Crippen LogP contribution < -0.4 is 20.1 Å². The molecule has 0 spiro atoms. The molecule has 0 saturated heterocycles. The van der Waals surface area contributed by atoms with Crippen LogP contribution in [0, 0.1) is 0 Å². The molecule has 0 unspecified atom stereocenters. The minimum atomic E-state index is -0.356. The first-order valence-electron chi connectivity index (χ1n) is 9.03. The molecule has 0 aliphatic carbocycles. The number of unbranched alkanes of at least 4 members (excludes halogenated alkanes) is 1. The zero-order valence-corrected chi connectivity index (χ0v) is 17.0. The van der Waals surface area contributed by atoms with Crippen LogP contribution in [0.5, 0.6) is 11.5 Å². The van der Waals surface area contributed by atoms with Gasteiger partial charge in [0, 0.05) is 16.6 Å². The molecule has 146 valence electrons. The molecule has 1 aliphatic heterocycles. The van der Waals surface area contributed by atoms with E-state index in [1.165, 1.54) is 0 Å². The van der Waals surface area contributed by atoms with Gasteiger partial charge in [-0.1, -0.05) is 35.3 Å². The Balaban J connectivity index is 1.82. The lowest BCUT2D eigenvalue weighted by molar-refractivity contribution is -0.117. The third-order valence-electron chi connectivity index (χ3n) is 4.12. The smallest absolute Gasteiger partial charge is 0.267 e. The van der Waals surface area contributed by atoms with Crippen molar-refractivity contribution in [3.8, 4) is 11.5 Å². The second kappa shape index (κ2) is 9.41. The van der Waals surface area contributed by atoms with E-state index < -0.39 is 0 Å². The summed E-state index contributed by atoms with van der Waals surface area (Å²) >= 11 is 3.34. The molecule has 28 heavy (non-hydrogen) atoms. The molecule has 2 aromatic carbocycles. The van der Waals surface area contributed by atoms with Crippen LogP contribution in [0.25, 0.3) is 6.08 Å². The van der Waals surface area contributed by atoms with E-state index in [1.807, 2.05) is 6.92 Å². The molecule has 0 radical (unpaired) electrons. The van der Waals surface area contributed by atoms with Gasteiger partial charge in [0.15, 0.2) is 11.5 Å². The SMILES string of the molecule is CCCCNC(=O)C(=Cc1ccc2c(c1)OCO2)NC(=O)c1ccc(Br)cc1. The number of halogens is 1. The third kappa shape index (κ3) is 5.13. The molecule has 0 bridgehead atoms. The number of rotatable bonds is 7. The second-order valence-corrected chi connectivity index (χ2v) is 7.16. The molecule has 2 amide bonds. The predicted octanol–water partition coefficient (Wildman–Crippen LogP) is 3.87. The Labute approximate surface area is 172 Å². The summed E-state index contributed by atoms with van der Waals surface area (Å²) in [5, 5.41) is 5.56. The lowest BCUT2D eigenvalue weighted by Gasteiger charge is -2.11. The molecule has 2 N–H and O–H groups in total. The van der Waals surface area contributed by atoms with Gasteiger partial charge in [-0.3, -0.25) is 9.59 Å². The highest BCUT2D eigenvalue weighted by atomic mass is 79.9. The Hall–Kier alpha value is -2.80. The first kappa shape index (κ1) is 19.9. The number of benzene rings is 2. The molecule has 0 atom stereocenters. The van der Waals surface area contributed by atoms with Crippen molar-refractivity contribution < 1.29 is 19.1 Å². The lowest BCUT2D eigenvalue weighted by Crippen LogP contribution is -2.35. The van der Waals surface area contributed by atoms with Crippen molar-refractivity contribution in [2.24, 2.45) is 0 Å². The predicted molar refractivity (Wildman–Crippen MR) is 110 cm³/mol. The number of fused-ring (bicyclic) bond motifs is 1. The van der Waals surface area contributed by atoms with Crippen molar-refractivity contribution in [1.82, 2.24) is 10.6 Å². The average Bonchev–Trinajstić information content (AvgIpc) is 3.16. The fourth-order valence-electron chi connectivity index (χ4n) is 2.60. The van der Waals surface area contributed by atoms with Gasteiger partial charge < -0.3 is 20.1 Å². The molecule has 3 rings (SSSR count). The van der Waals surface area contributed by atoms with Crippen LogP contribution in [-0.4, -0.2) is 25.2 Å². The molecule has 1 aliphatic rings. The fourth-order valence-corrected chi connectivity index (χ4v) is 2.86. The van der Waals surface area contributed by atoms with Crippen LogP contribution in [0.4, 0.5) is 0 Å². The molecule has 0 fully saturated rings. The molecule has 0 aromatic heterocycles. The summed E-state index contributed by atoms with van der Waals surface area (Å²) in [7, 11) is 0. The highest BCUT2D eigenvalue weighted by molar-refractivity contribution is 9.10. The zero-order valence-electron chi connectivity index (χ0n) is 15.5. The van der Waals surface area contributed by atoms with Gasteiger partial charge in [0.2, 0.25) is 6.79 Å². The van der Waals surface area contributed by atoms with Crippen molar-refractivity contribution in [1.29, 1.82) is 0 Å². The summed E-state index contributed by atoms with van der Waals surface area (Å²) in [6.45, 7) is 2.76. The Morgan fingerprint density at radius 3 is 2.61 bits per heavy atom. The average molecular weight is 445 g/mol. The van der Waals surface area contributed by atoms with Gasteiger partial charge in [-0.15, -0.1) is 0 Å². The molecule has 6 nitrogen and oxygen atoms in total. The van der Waals surface area contributed by atoms with E-state index in [2.05, 4.69) is 26.6 Å². The van der Waals surface area contributed by atoms with Crippen LogP contribution in [0.2, 0.25) is 0 Å². The maximum absolute atomic E-state index is 12.6. The summed E-state index contributed by atoms with van der Waals surface area (Å²) in [6.07, 6.45) is 3.45. The first-order valence-corrected chi connectivity index (χ1v) is 9.82. The fraction of sp³-hybridized carbons (Fsp3) is 0.238. The second-order valence-electron chi connectivity index (χ2n) is 6.24. The minimum absolute atomic E-state index is 0.169. The number of carbonyl (C=O) groups is 2. The summed E-state index contributed by atoms with van der Waals surface area (Å²) in [5.74, 6) is 0.574. The quantitative estimate of drug-likeness (QED) is 0.501. The molecular weight excluding hydrogens is 424 g/mol. The van der Waals surface area contributed by atoms with Gasteiger partial charge in [0.1, 0.15) is 5.70 Å². The van der Waals surface area contributed by atoms with Crippen LogP contribution in [0.15, 0.2) is 52.6 Å². The normalized spacial score (nSPS) is 12.6. The molecule has 2 aromatic rings. The number of amides is 2. The highest BCUT2D eigenvalue weighted by Crippen LogP contribution is 2.33. The van der Waals surface area contributed by atoms with E-state index in [4.69, 9.17) is 9.47 Å². The van der Waals surface area contributed by atoms with Gasteiger partial charge in [0.25, 0.3) is 11.8 Å². The Morgan fingerprint density at radius 1 is 1.11 bits per heavy atom. The van der Waals surface area contributed by atoms with E-state index in [9.17, 15) is 9.59 Å². The number of hydrogen-bond acceptors (Lipinski definition) is 4. The molecule has 0 saturated carbocycles. The minimum Gasteiger partial charge on any atom is -0.454 e. The van der Waals surface area contributed by atoms with Crippen molar-refractivity contribution in [2.45, 2.75) is 19.8 Å². The van der Waals surface area contributed by atoms with Crippen molar-refractivity contribution in [3.05, 3.63) is 63.8 Å². The van der Waals surface area contributed by atoms with Crippen LogP contribution in [0.3, 0.4) is 0 Å². The van der Waals surface area contributed by atoms with Crippen molar-refractivity contribution >= 4 is 33.8 Å². The summed E-state index contributed by atoms with van der Waals surface area (Å²) < 4.78 is 11.6. The maximum atomic E-state index is 12.6. The highest BCUT2D eigenvalue weighted by Gasteiger charge is 2.16. The Bertz CT molecular complexity index is 894. The summed E-state index contributed by atoms with van der Waals surface area (Å²) in [5.41, 5.74) is 1.35. The zero-order chi connectivity index (χ0) is 19.9. The van der Waals surface area contributed by atoms with Crippen LogP contribution in [-0.2, 0) is 4.79 Å². The molecule has 7 heteroatoms. The van der Waals surface area contributed by atoms with Gasteiger partial charge in [-0.2, -0.15) is 0 Å². The number of hydrogen-bond donors (Lipinski definition) is 2. The first-order chi connectivity index (χ1) is 13.6. The van der Waals surface area contributed by atoms with E-state index in [1.54, 1.807) is 48.5 Å². The molecule has 1 heterocycles. The van der Waals surface area contributed by atoms with Crippen LogP contribution >= 0.6 is 15.9 Å². The van der Waals surface area contributed by atoms with Gasteiger partial charge >= 0.3 is 0 Å². The summed E-state index contributed by atoms with van der Waals surface area (Å²) in [6, 6.07) is 12.3. The maximum Gasteiger partial charge on any atom is 0.267 e. The Kier molecular flexibility index (Phi) is 6.71. The lowest BCUT2D eigenvalue weighted by atomic mass is 10.1. The third-order valence-corrected chi connectivity index (χ3v) is 4.65.